The number of benzene rings is 1. The van der Waals surface area contributed by atoms with Gasteiger partial charge >= 0.3 is 5.97 Å². The summed E-state index contributed by atoms with van der Waals surface area (Å²) in [5.41, 5.74) is -0.710. The largest absolute Gasteiger partial charge is 0.479 e. The van der Waals surface area contributed by atoms with Crippen molar-refractivity contribution in [2.75, 3.05) is 13.2 Å². The van der Waals surface area contributed by atoms with Crippen LogP contribution >= 0.6 is 0 Å². The number of aliphatic carboxylic acids is 1. The number of hydrogen-bond acceptors (Lipinski definition) is 3. The van der Waals surface area contributed by atoms with E-state index in [0.29, 0.717) is 12.2 Å². The molecule has 1 aromatic rings. The van der Waals surface area contributed by atoms with Gasteiger partial charge in [-0.05, 0) is 23.8 Å². The number of carbonyl (C=O) groups is 2. The Kier molecular flexibility index (Phi) is 4.14. The van der Waals surface area contributed by atoms with Crippen molar-refractivity contribution in [3.05, 3.63) is 41.7 Å². The highest BCUT2D eigenvalue weighted by atomic mass is 19.1. The van der Waals surface area contributed by atoms with Crippen LogP contribution < -0.4 is 5.32 Å². The van der Waals surface area contributed by atoms with Crippen LogP contribution in [-0.2, 0) is 14.3 Å². The lowest BCUT2D eigenvalue weighted by molar-refractivity contribution is -0.147. The van der Waals surface area contributed by atoms with Crippen molar-refractivity contribution in [3.8, 4) is 0 Å². The minimum absolute atomic E-state index is 0.0432. The molecule has 106 valence electrons. The first kappa shape index (κ1) is 14.2. The summed E-state index contributed by atoms with van der Waals surface area (Å²) >= 11 is 0. The molecular formula is C14H14FNO4. The molecule has 5 nitrogen and oxygen atoms in total. The molecule has 0 aliphatic carbocycles. The third-order valence-electron chi connectivity index (χ3n) is 3.09. The number of nitrogens with one attached hydrogen (secondary N) is 1. The van der Waals surface area contributed by atoms with Gasteiger partial charge in [0.25, 0.3) is 0 Å². The molecule has 1 aliphatic heterocycles. The summed E-state index contributed by atoms with van der Waals surface area (Å²) in [5, 5.41) is 11.6. The molecule has 2 N–H and O–H groups in total. The molecule has 1 fully saturated rings. The Balaban J connectivity index is 2.01. The molecule has 1 unspecified atom stereocenters. The number of carbonyl (C=O) groups excluding carboxylic acids is 1. The van der Waals surface area contributed by atoms with E-state index in [1.54, 1.807) is 0 Å². The van der Waals surface area contributed by atoms with Gasteiger partial charge < -0.3 is 15.2 Å². The lowest BCUT2D eigenvalue weighted by Crippen LogP contribution is -2.54. The number of halogens is 1. The predicted octanol–water partition coefficient (Wildman–Crippen LogP) is 1.20. The van der Waals surface area contributed by atoms with Crippen molar-refractivity contribution in [2.45, 2.75) is 12.0 Å². The zero-order valence-electron chi connectivity index (χ0n) is 10.6. The maximum Gasteiger partial charge on any atom is 0.331 e. The van der Waals surface area contributed by atoms with Crippen LogP contribution in [-0.4, -0.2) is 35.7 Å². The zero-order valence-corrected chi connectivity index (χ0v) is 10.6. The minimum atomic E-state index is -1.36. The van der Waals surface area contributed by atoms with E-state index in [9.17, 15) is 14.0 Å². The summed E-state index contributed by atoms with van der Waals surface area (Å²) < 4.78 is 17.8. The second-order valence-electron chi connectivity index (χ2n) is 4.56. The van der Waals surface area contributed by atoms with E-state index >= 15 is 0 Å². The lowest BCUT2D eigenvalue weighted by atomic mass is 9.99. The van der Waals surface area contributed by atoms with E-state index in [-0.39, 0.29) is 18.8 Å². The Morgan fingerprint density at radius 3 is 2.60 bits per heavy atom. The summed E-state index contributed by atoms with van der Waals surface area (Å²) in [6, 6.07) is 5.60. The molecule has 1 aliphatic rings. The topological polar surface area (TPSA) is 75.6 Å². The molecule has 1 heterocycles. The normalized spacial score (nSPS) is 22.1. The summed E-state index contributed by atoms with van der Waals surface area (Å²) in [6.07, 6.45) is 2.94. The van der Waals surface area contributed by atoms with Crippen LogP contribution in [0.3, 0.4) is 0 Å². The van der Waals surface area contributed by atoms with Gasteiger partial charge in [0, 0.05) is 19.1 Å². The van der Waals surface area contributed by atoms with Gasteiger partial charge in [-0.3, -0.25) is 4.79 Å². The molecule has 0 saturated carbocycles. The number of amides is 1. The second kappa shape index (κ2) is 5.83. The zero-order chi connectivity index (χ0) is 14.6. The number of rotatable bonds is 4. The first-order valence-corrected chi connectivity index (χ1v) is 6.09. The molecule has 1 amide bonds. The summed E-state index contributed by atoms with van der Waals surface area (Å²) in [6.45, 7) is 0.257. The van der Waals surface area contributed by atoms with Gasteiger partial charge in [-0.25, -0.2) is 9.18 Å². The van der Waals surface area contributed by atoms with Gasteiger partial charge in [-0.1, -0.05) is 12.1 Å². The fourth-order valence-electron chi connectivity index (χ4n) is 1.91. The van der Waals surface area contributed by atoms with Gasteiger partial charge in [-0.2, -0.15) is 0 Å². The molecule has 1 aromatic carbocycles. The molecule has 1 atom stereocenters. The Labute approximate surface area is 115 Å². The lowest BCUT2D eigenvalue weighted by Gasteiger charge is -2.22. The van der Waals surface area contributed by atoms with Crippen LogP contribution in [0.2, 0.25) is 0 Å². The Bertz CT molecular complexity index is 533. The second-order valence-corrected chi connectivity index (χ2v) is 4.56. The average molecular weight is 279 g/mol. The van der Waals surface area contributed by atoms with E-state index in [1.807, 2.05) is 0 Å². The quantitative estimate of drug-likeness (QED) is 0.812. The van der Waals surface area contributed by atoms with Crippen LogP contribution in [0.15, 0.2) is 30.3 Å². The standard InChI is InChI=1S/C14H14FNO4/c15-11-4-1-10(2-5-11)3-6-12(17)16-14(13(18)19)7-8-20-9-14/h1-6H,7-9H2,(H,16,17)(H,18,19). The van der Waals surface area contributed by atoms with E-state index in [4.69, 9.17) is 9.84 Å². The number of carboxylic acid groups (broad SMARTS) is 1. The SMILES string of the molecule is O=C(C=Cc1ccc(F)cc1)NC1(C(=O)O)CCOC1. The molecule has 0 radical (unpaired) electrons. The molecule has 20 heavy (non-hydrogen) atoms. The highest BCUT2D eigenvalue weighted by molar-refractivity contribution is 5.96. The fraction of sp³-hybridized carbons (Fsp3) is 0.286. The molecule has 0 spiro atoms. The predicted molar refractivity (Wildman–Crippen MR) is 69.4 cm³/mol. The summed E-state index contributed by atoms with van der Waals surface area (Å²) in [5.74, 6) is -2.00. The van der Waals surface area contributed by atoms with Gasteiger partial charge in [0.05, 0.1) is 6.61 Å². The summed E-state index contributed by atoms with van der Waals surface area (Å²) in [4.78, 5) is 23.0. The van der Waals surface area contributed by atoms with Crippen molar-refractivity contribution < 1.29 is 23.8 Å². The average Bonchev–Trinajstić information content (AvgIpc) is 2.88. The Hall–Kier alpha value is -2.21. The van der Waals surface area contributed by atoms with Crippen molar-refractivity contribution in [3.63, 3.8) is 0 Å². The molecule has 0 aromatic heterocycles. The third kappa shape index (κ3) is 3.21. The molecule has 2 rings (SSSR count). The highest BCUT2D eigenvalue weighted by Gasteiger charge is 2.43. The molecule has 0 bridgehead atoms. The van der Waals surface area contributed by atoms with Gasteiger partial charge in [-0.15, -0.1) is 0 Å². The van der Waals surface area contributed by atoms with E-state index < -0.39 is 17.4 Å². The van der Waals surface area contributed by atoms with Crippen molar-refractivity contribution >= 4 is 18.0 Å². The van der Waals surface area contributed by atoms with Gasteiger partial charge in [0.15, 0.2) is 5.54 Å². The highest BCUT2D eigenvalue weighted by Crippen LogP contribution is 2.19. The van der Waals surface area contributed by atoms with E-state index in [2.05, 4.69) is 5.32 Å². The van der Waals surface area contributed by atoms with E-state index in [0.717, 1.165) is 0 Å². The number of ether oxygens (including phenoxy) is 1. The Morgan fingerprint density at radius 2 is 2.05 bits per heavy atom. The van der Waals surface area contributed by atoms with Gasteiger partial charge in [0.2, 0.25) is 5.91 Å². The van der Waals surface area contributed by atoms with Gasteiger partial charge in [0.1, 0.15) is 5.82 Å². The van der Waals surface area contributed by atoms with Crippen molar-refractivity contribution in [1.29, 1.82) is 0 Å². The fourth-order valence-corrected chi connectivity index (χ4v) is 1.91. The first-order chi connectivity index (χ1) is 9.52. The van der Waals surface area contributed by atoms with Crippen molar-refractivity contribution in [1.82, 2.24) is 5.32 Å². The maximum atomic E-state index is 12.7. The third-order valence-corrected chi connectivity index (χ3v) is 3.09. The molecule has 1 saturated heterocycles. The van der Waals surface area contributed by atoms with Crippen molar-refractivity contribution in [2.24, 2.45) is 0 Å². The monoisotopic (exact) mass is 279 g/mol. The smallest absolute Gasteiger partial charge is 0.331 e. The molecule has 6 heteroatoms. The van der Waals surface area contributed by atoms with E-state index in [1.165, 1.54) is 36.4 Å². The number of carboxylic acids is 1. The van der Waals surface area contributed by atoms with Crippen LogP contribution in [0.5, 0.6) is 0 Å². The van der Waals surface area contributed by atoms with Crippen LogP contribution in [0.25, 0.3) is 6.08 Å². The summed E-state index contributed by atoms with van der Waals surface area (Å²) in [7, 11) is 0. The first-order valence-electron chi connectivity index (χ1n) is 6.09. The van der Waals surface area contributed by atoms with Crippen LogP contribution in [0.4, 0.5) is 4.39 Å². The number of hydrogen-bond donors (Lipinski definition) is 2. The van der Waals surface area contributed by atoms with Crippen LogP contribution in [0, 0.1) is 5.82 Å². The molecular weight excluding hydrogens is 265 g/mol. The van der Waals surface area contributed by atoms with Crippen LogP contribution in [0.1, 0.15) is 12.0 Å². The Morgan fingerprint density at radius 1 is 1.35 bits per heavy atom. The minimum Gasteiger partial charge on any atom is -0.479 e. The maximum absolute atomic E-state index is 12.7.